The van der Waals surface area contributed by atoms with Crippen molar-refractivity contribution in [2.24, 2.45) is 29.6 Å². The molecule has 11 heteroatoms. The van der Waals surface area contributed by atoms with E-state index in [0.717, 1.165) is 51.4 Å². The summed E-state index contributed by atoms with van der Waals surface area (Å²) >= 11 is 0. The molecule has 0 aromatic carbocycles. The summed E-state index contributed by atoms with van der Waals surface area (Å²) < 4.78 is 39.7. The molecule has 5 aliphatic rings. The third kappa shape index (κ3) is 7.41. The molecule has 3 N–H and O–H groups in total. The zero-order chi connectivity index (χ0) is 34.9. The predicted octanol–water partition coefficient (Wildman–Crippen LogP) is 4.38. The molecule has 0 bridgehead atoms. The van der Waals surface area contributed by atoms with Gasteiger partial charge in [-0.05, 0) is 63.7 Å². The van der Waals surface area contributed by atoms with Gasteiger partial charge in [-0.2, -0.15) is 9.59 Å². The van der Waals surface area contributed by atoms with Crippen molar-refractivity contribution in [3.05, 3.63) is 0 Å². The first-order valence-corrected chi connectivity index (χ1v) is 18.0. The summed E-state index contributed by atoms with van der Waals surface area (Å²) in [4.78, 5) is 16.2. The molecule has 5 aliphatic heterocycles. The van der Waals surface area contributed by atoms with Gasteiger partial charge in [-0.25, -0.2) is 0 Å². The number of rotatable bonds is 9. The van der Waals surface area contributed by atoms with Gasteiger partial charge in [0.25, 0.3) is 0 Å². The van der Waals surface area contributed by atoms with Crippen LogP contribution in [0.4, 0.5) is 0 Å². The van der Waals surface area contributed by atoms with Gasteiger partial charge < -0.3 is 43.7 Å². The average molecular weight is 671 g/mol. The van der Waals surface area contributed by atoms with E-state index >= 15 is 0 Å². The number of methoxy groups -OCH3 is 1. The minimum Gasteiger partial charge on any atom is -0.393 e. The zero-order valence-corrected chi connectivity index (χ0v) is 30.1. The fraction of sp³-hybridized carbons (Fsp3) is 0.972. The maximum Gasteiger partial charge on any atom is 0.373 e. The first kappa shape index (κ1) is 38.8. The highest BCUT2D eigenvalue weighted by Gasteiger charge is 2.62. The van der Waals surface area contributed by atoms with Crippen LogP contribution in [0.5, 0.6) is 0 Å². The molecule has 0 aliphatic carbocycles. The van der Waals surface area contributed by atoms with Crippen LogP contribution < -0.4 is 0 Å². The van der Waals surface area contributed by atoms with Gasteiger partial charge >= 0.3 is 6.15 Å². The molecular formula is C36H62O11. The van der Waals surface area contributed by atoms with Crippen molar-refractivity contribution < 1.29 is 53.3 Å². The molecule has 272 valence electrons. The van der Waals surface area contributed by atoms with Crippen molar-refractivity contribution >= 4 is 6.15 Å². The average Bonchev–Trinajstić information content (AvgIpc) is 3.74. The molecule has 5 heterocycles. The van der Waals surface area contributed by atoms with Crippen molar-refractivity contribution in [3.8, 4) is 0 Å². The van der Waals surface area contributed by atoms with Crippen LogP contribution in [0.25, 0.3) is 0 Å². The van der Waals surface area contributed by atoms with E-state index in [4.69, 9.17) is 38.0 Å². The minimum absolute atomic E-state index is 0.00727. The number of aliphatic hydroxyl groups is 3. The molecule has 16 atom stereocenters. The Labute approximate surface area is 281 Å². The molecule has 0 saturated carbocycles. The Morgan fingerprint density at radius 1 is 1.00 bits per heavy atom. The van der Waals surface area contributed by atoms with E-state index in [-0.39, 0.29) is 72.4 Å². The normalized spacial score (nSPS) is 49.7. The van der Waals surface area contributed by atoms with Gasteiger partial charge in [0.05, 0.1) is 60.5 Å². The predicted molar refractivity (Wildman–Crippen MR) is 171 cm³/mol. The van der Waals surface area contributed by atoms with Crippen LogP contribution in [-0.2, 0) is 38.0 Å². The molecule has 0 amide bonds. The number of hydrogen-bond donors (Lipinski definition) is 3. The highest BCUT2D eigenvalue weighted by Crippen LogP contribution is 2.54. The zero-order valence-electron chi connectivity index (χ0n) is 30.1. The highest BCUT2D eigenvalue weighted by atomic mass is 16.7. The quantitative estimate of drug-likeness (QED) is 0.321. The fourth-order valence-electron chi connectivity index (χ4n) is 9.68. The molecule has 0 aromatic heterocycles. The number of ether oxygens (including phenoxy) is 6. The molecule has 5 rings (SSSR count). The van der Waals surface area contributed by atoms with Gasteiger partial charge in [0.1, 0.15) is 0 Å². The lowest BCUT2D eigenvalue weighted by Gasteiger charge is -2.48. The summed E-state index contributed by atoms with van der Waals surface area (Å²) in [5.41, 5.74) is -0.975. The third-order valence-corrected chi connectivity index (χ3v) is 12.7. The molecule has 0 radical (unpaired) electrons. The van der Waals surface area contributed by atoms with Crippen LogP contribution in [0.15, 0.2) is 0 Å². The van der Waals surface area contributed by atoms with Crippen LogP contribution in [0, 0.1) is 29.6 Å². The van der Waals surface area contributed by atoms with Gasteiger partial charge in [0, 0.05) is 37.7 Å². The second kappa shape index (κ2) is 15.1. The maximum absolute atomic E-state index is 11.2. The van der Waals surface area contributed by atoms with E-state index in [1.54, 1.807) is 7.11 Å². The van der Waals surface area contributed by atoms with Crippen molar-refractivity contribution in [2.45, 2.75) is 179 Å². The summed E-state index contributed by atoms with van der Waals surface area (Å²) in [5.74, 6) is -1.92. The molecular weight excluding hydrogens is 608 g/mol. The van der Waals surface area contributed by atoms with Crippen LogP contribution in [0.3, 0.4) is 0 Å². The first-order chi connectivity index (χ1) is 22.1. The molecule has 1 unspecified atom stereocenters. The van der Waals surface area contributed by atoms with Crippen LogP contribution >= 0.6 is 0 Å². The monoisotopic (exact) mass is 670 g/mol. The van der Waals surface area contributed by atoms with E-state index in [9.17, 15) is 15.3 Å². The summed E-state index contributed by atoms with van der Waals surface area (Å²) in [7, 11) is 1.75. The van der Waals surface area contributed by atoms with E-state index in [0.29, 0.717) is 6.42 Å². The van der Waals surface area contributed by atoms with Crippen molar-refractivity contribution in [2.75, 3.05) is 13.7 Å². The molecule has 11 nitrogen and oxygen atoms in total. The summed E-state index contributed by atoms with van der Waals surface area (Å²) in [6.45, 7) is 16.6. The van der Waals surface area contributed by atoms with Crippen molar-refractivity contribution in [1.29, 1.82) is 0 Å². The van der Waals surface area contributed by atoms with Crippen LogP contribution in [0.2, 0.25) is 0 Å². The fourth-order valence-corrected chi connectivity index (χ4v) is 9.68. The summed E-state index contributed by atoms with van der Waals surface area (Å²) in [6.07, 6.45) is 6.03. The van der Waals surface area contributed by atoms with Crippen molar-refractivity contribution in [3.63, 3.8) is 0 Å². The van der Waals surface area contributed by atoms with Gasteiger partial charge in [-0.1, -0.05) is 48.5 Å². The molecule has 5 saturated heterocycles. The highest BCUT2D eigenvalue weighted by molar-refractivity contribution is 5.20. The summed E-state index contributed by atoms with van der Waals surface area (Å²) in [5, 5.41) is 32.1. The van der Waals surface area contributed by atoms with Gasteiger partial charge in [-0.3, -0.25) is 0 Å². The van der Waals surface area contributed by atoms with E-state index in [2.05, 4.69) is 48.5 Å². The van der Waals surface area contributed by atoms with E-state index < -0.39 is 35.5 Å². The van der Waals surface area contributed by atoms with Crippen LogP contribution in [-0.4, -0.2) is 101 Å². The van der Waals surface area contributed by atoms with Gasteiger partial charge in [0.15, 0.2) is 11.6 Å². The largest absolute Gasteiger partial charge is 0.393 e. The van der Waals surface area contributed by atoms with Crippen LogP contribution in [0.1, 0.15) is 113 Å². The Balaban J connectivity index is 0.00000160. The van der Waals surface area contributed by atoms with E-state index in [1.807, 2.05) is 6.92 Å². The topological polar surface area (TPSA) is 150 Å². The third-order valence-electron chi connectivity index (χ3n) is 12.7. The number of hydrogen-bond acceptors (Lipinski definition) is 11. The molecule has 0 aromatic rings. The second-order valence-corrected chi connectivity index (χ2v) is 15.7. The Kier molecular flexibility index (Phi) is 12.5. The maximum atomic E-state index is 11.2. The van der Waals surface area contributed by atoms with E-state index in [1.165, 1.54) is 0 Å². The molecule has 47 heavy (non-hydrogen) atoms. The number of carbonyl (C=O) groups excluding carboxylic acids is 2. The van der Waals surface area contributed by atoms with Gasteiger partial charge in [-0.15, -0.1) is 0 Å². The lowest BCUT2D eigenvalue weighted by atomic mass is 9.80. The first-order valence-electron chi connectivity index (χ1n) is 18.0. The lowest BCUT2D eigenvalue weighted by Crippen LogP contribution is -2.56. The summed E-state index contributed by atoms with van der Waals surface area (Å²) in [6, 6.07) is 0. The molecule has 1 spiro atoms. The molecule has 5 fully saturated rings. The smallest absolute Gasteiger partial charge is 0.373 e. The Hall–Kier alpha value is -0.980. The number of aliphatic hydroxyl groups excluding tert-OH is 2. The minimum atomic E-state index is -1.53. The van der Waals surface area contributed by atoms with Gasteiger partial charge in [0.2, 0.25) is 0 Å². The second-order valence-electron chi connectivity index (χ2n) is 15.7. The lowest BCUT2D eigenvalue weighted by molar-refractivity contribution is -0.336. The SMILES string of the molecule is CC[C@H](OC)[C@H](C)[C@H]1O[C@@]2(CC[C@@](C)([C@H]3CC[C@@](CC)([C@@H]4OC([C@H]5O[C@@](O)(CO)[C@H](C)C[C@@H]5C)C[C@@H]4C)O3)O2)C[C@H](O)[C@H]1C.O=C=O. The van der Waals surface area contributed by atoms with Crippen molar-refractivity contribution in [1.82, 2.24) is 0 Å². The Morgan fingerprint density at radius 3 is 2.28 bits per heavy atom. The Bertz CT molecular complexity index is 1070. The Morgan fingerprint density at radius 2 is 1.68 bits per heavy atom. The standard InChI is InChI=1S/C35H62O9.CO2/c1-10-26(39-9)24(7)30-23(6)25(37)18-34(42-30)15-14-32(8,44-34)28-12-13-33(11-2,41-28)31-21(4)17-27(40-31)29-20(3)16-22(5)35(38,19-36)43-29;2-1-3/h20-31,36-38H,10-19H2,1-9H3;/t20-,21-,22+,23+,24-,25-,26-,27?,28+,29-,30-,31+,32-,33-,34+,35-;/m0./s1.